The van der Waals surface area contributed by atoms with Gasteiger partial charge in [0.15, 0.2) is 11.6 Å². The van der Waals surface area contributed by atoms with Crippen LogP contribution in [0.3, 0.4) is 0 Å². The van der Waals surface area contributed by atoms with Gasteiger partial charge in [-0.05, 0) is 83.7 Å². The highest BCUT2D eigenvalue weighted by Crippen LogP contribution is 2.37. The molecule has 0 bridgehead atoms. The molecule has 0 saturated carbocycles. The van der Waals surface area contributed by atoms with E-state index in [1.54, 1.807) is 0 Å². The summed E-state index contributed by atoms with van der Waals surface area (Å²) in [6.07, 6.45) is 9.32. The topological polar surface area (TPSA) is 81.7 Å². The van der Waals surface area contributed by atoms with Crippen molar-refractivity contribution in [2.45, 2.75) is 117 Å². The highest BCUT2D eigenvalue weighted by molar-refractivity contribution is 6.28. The quantitative estimate of drug-likeness (QED) is 0.205. The minimum absolute atomic E-state index is 0.0600. The summed E-state index contributed by atoms with van der Waals surface area (Å²) in [5, 5.41) is 17.7. The van der Waals surface area contributed by atoms with Gasteiger partial charge in [-0.25, -0.2) is 0 Å². The Balaban J connectivity index is 1.77. The molecule has 0 radical (unpaired) electrons. The summed E-state index contributed by atoms with van der Waals surface area (Å²) in [5.41, 5.74) is 3.97. The van der Waals surface area contributed by atoms with Gasteiger partial charge in [0.05, 0.1) is 12.1 Å². The average Bonchev–Trinajstić information content (AvgIpc) is 2.92. The van der Waals surface area contributed by atoms with Crippen molar-refractivity contribution in [2.75, 3.05) is 0 Å². The number of ketones is 2. The van der Waals surface area contributed by atoms with Crippen LogP contribution in [0.1, 0.15) is 149 Å². The lowest BCUT2D eigenvalue weighted by Gasteiger charge is -2.29. The van der Waals surface area contributed by atoms with E-state index >= 15 is 0 Å². The van der Waals surface area contributed by atoms with Gasteiger partial charge < -0.3 is 0 Å². The number of hydrogen-bond acceptors (Lipinski definition) is 4. The summed E-state index contributed by atoms with van der Waals surface area (Å²) >= 11 is 0. The molecule has 4 nitrogen and oxygen atoms in total. The molecule has 0 saturated heterocycles. The molecule has 212 valence electrons. The molecule has 2 aromatic rings. The maximum atomic E-state index is 13.8. The van der Waals surface area contributed by atoms with Crippen molar-refractivity contribution in [3.8, 4) is 12.1 Å². The lowest BCUT2D eigenvalue weighted by molar-refractivity contribution is 0.0978. The van der Waals surface area contributed by atoms with Crippen LogP contribution in [0, 0.1) is 34.5 Å². The van der Waals surface area contributed by atoms with E-state index in [2.05, 4.69) is 53.7 Å². The SMILES string of the molecule is CC(CCC#N)CCCC(C)(C)c1ccc2c(c1)C(=O)c1cc(C(C)(C)CCCC(C)CCC#N)ccc1C2=O. The van der Waals surface area contributed by atoms with Crippen LogP contribution in [-0.4, -0.2) is 11.6 Å². The van der Waals surface area contributed by atoms with Gasteiger partial charge in [0, 0.05) is 35.1 Å². The van der Waals surface area contributed by atoms with E-state index in [0.29, 0.717) is 46.9 Å². The van der Waals surface area contributed by atoms with Gasteiger partial charge in [-0.3, -0.25) is 9.59 Å². The number of carbonyl (C=O) groups is 2. The summed E-state index contributed by atoms with van der Waals surface area (Å²) in [7, 11) is 0. The zero-order valence-corrected chi connectivity index (χ0v) is 25.4. The van der Waals surface area contributed by atoms with Crippen LogP contribution < -0.4 is 0 Å². The Morgan fingerprint density at radius 2 is 1.00 bits per heavy atom. The number of rotatable bonds is 14. The zero-order valence-electron chi connectivity index (χ0n) is 25.4. The van der Waals surface area contributed by atoms with Crippen LogP contribution in [0.25, 0.3) is 0 Å². The Bertz CT molecular complexity index is 1210. The second-order valence-electron chi connectivity index (χ2n) is 13.3. The van der Waals surface area contributed by atoms with E-state index < -0.39 is 0 Å². The standard InChI is InChI=1S/C36H46N2O2/c1-25(13-9-21-37)11-7-19-35(3,4)27-15-17-29-31(23-27)34(40)32-24-28(16-18-30(32)33(29)39)36(5,6)20-8-12-26(2)14-10-22-38/h15-18,23-26H,7-14,19-20H2,1-6H3. The van der Waals surface area contributed by atoms with Crippen LogP contribution >= 0.6 is 0 Å². The van der Waals surface area contributed by atoms with Crippen LogP contribution in [0.5, 0.6) is 0 Å². The normalized spacial score (nSPS) is 14.6. The van der Waals surface area contributed by atoms with Crippen molar-refractivity contribution < 1.29 is 9.59 Å². The molecule has 0 N–H and O–H groups in total. The minimum atomic E-state index is -0.123. The van der Waals surface area contributed by atoms with Gasteiger partial charge in [0.2, 0.25) is 0 Å². The predicted octanol–water partition coefficient (Wildman–Crippen LogP) is 9.24. The molecule has 2 atom stereocenters. The molecule has 0 spiro atoms. The lowest BCUT2D eigenvalue weighted by Crippen LogP contribution is -2.25. The Morgan fingerprint density at radius 1 is 0.625 bits per heavy atom. The molecule has 0 heterocycles. The van der Waals surface area contributed by atoms with E-state index in [1.165, 1.54) is 0 Å². The molecular formula is C36H46N2O2. The van der Waals surface area contributed by atoms with Gasteiger partial charge in [-0.2, -0.15) is 10.5 Å². The van der Waals surface area contributed by atoms with Crippen molar-refractivity contribution in [1.82, 2.24) is 0 Å². The highest BCUT2D eigenvalue weighted by atomic mass is 16.1. The predicted molar refractivity (Wildman–Crippen MR) is 162 cm³/mol. The Hall–Kier alpha value is -3.24. The molecule has 40 heavy (non-hydrogen) atoms. The van der Waals surface area contributed by atoms with Crippen molar-refractivity contribution in [3.05, 3.63) is 69.8 Å². The summed E-state index contributed by atoms with van der Waals surface area (Å²) in [6.45, 7) is 13.2. The van der Waals surface area contributed by atoms with Crippen molar-refractivity contribution in [2.24, 2.45) is 11.8 Å². The largest absolute Gasteiger partial charge is 0.289 e. The van der Waals surface area contributed by atoms with Crippen molar-refractivity contribution in [1.29, 1.82) is 10.5 Å². The highest BCUT2D eigenvalue weighted by Gasteiger charge is 2.33. The Morgan fingerprint density at radius 3 is 1.38 bits per heavy atom. The van der Waals surface area contributed by atoms with Crippen LogP contribution in [0.4, 0.5) is 0 Å². The van der Waals surface area contributed by atoms with E-state index in [0.717, 1.165) is 62.5 Å². The molecule has 2 unspecified atom stereocenters. The summed E-state index contributed by atoms with van der Waals surface area (Å²) < 4.78 is 0. The van der Waals surface area contributed by atoms with Gasteiger partial charge in [-0.1, -0.05) is 79.4 Å². The van der Waals surface area contributed by atoms with Gasteiger partial charge in [-0.15, -0.1) is 0 Å². The molecule has 0 fully saturated rings. The van der Waals surface area contributed by atoms with E-state index in [-0.39, 0.29) is 22.4 Å². The van der Waals surface area contributed by atoms with Gasteiger partial charge >= 0.3 is 0 Å². The second kappa shape index (κ2) is 13.4. The van der Waals surface area contributed by atoms with E-state index in [4.69, 9.17) is 10.5 Å². The first-order valence-electron chi connectivity index (χ1n) is 15.0. The fourth-order valence-corrected chi connectivity index (χ4v) is 5.98. The summed E-state index contributed by atoms with van der Waals surface area (Å²) in [4.78, 5) is 27.3. The average molecular weight is 539 g/mol. The molecule has 4 heteroatoms. The number of fused-ring (bicyclic) bond motifs is 2. The molecule has 1 aliphatic carbocycles. The molecular weight excluding hydrogens is 492 g/mol. The van der Waals surface area contributed by atoms with Crippen molar-refractivity contribution in [3.63, 3.8) is 0 Å². The Labute approximate surface area is 241 Å². The van der Waals surface area contributed by atoms with Crippen LogP contribution in [-0.2, 0) is 10.8 Å². The molecule has 1 aliphatic rings. The van der Waals surface area contributed by atoms with Gasteiger partial charge in [0.25, 0.3) is 0 Å². The smallest absolute Gasteiger partial charge is 0.194 e. The number of hydrogen-bond donors (Lipinski definition) is 0. The van der Waals surface area contributed by atoms with E-state index in [9.17, 15) is 9.59 Å². The molecule has 2 aromatic carbocycles. The second-order valence-corrected chi connectivity index (χ2v) is 13.3. The monoisotopic (exact) mass is 538 g/mol. The summed E-state index contributed by atoms with van der Waals surface area (Å²) in [5.74, 6) is 0.922. The number of nitriles is 2. The molecule has 0 aromatic heterocycles. The van der Waals surface area contributed by atoms with Gasteiger partial charge in [0.1, 0.15) is 0 Å². The van der Waals surface area contributed by atoms with Crippen LogP contribution in [0.2, 0.25) is 0 Å². The third-order valence-corrected chi connectivity index (χ3v) is 9.08. The molecule has 0 amide bonds. The number of carbonyl (C=O) groups excluding carboxylic acids is 2. The lowest BCUT2D eigenvalue weighted by atomic mass is 9.74. The Kier molecular flexibility index (Phi) is 10.5. The fourth-order valence-electron chi connectivity index (χ4n) is 5.98. The maximum absolute atomic E-state index is 13.8. The van der Waals surface area contributed by atoms with Crippen molar-refractivity contribution >= 4 is 11.6 Å². The fraction of sp³-hybridized carbons (Fsp3) is 0.556. The third-order valence-electron chi connectivity index (χ3n) is 9.08. The first kappa shape index (κ1) is 31.3. The van der Waals surface area contributed by atoms with E-state index in [1.807, 2.05) is 36.4 Å². The third kappa shape index (κ3) is 7.48. The minimum Gasteiger partial charge on any atom is -0.289 e. The number of benzene rings is 2. The molecule has 0 aliphatic heterocycles. The summed E-state index contributed by atoms with van der Waals surface area (Å²) in [6, 6.07) is 16.1. The first-order valence-corrected chi connectivity index (χ1v) is 15.0. The maximum Gasteiger partial charge on any atom is 0.194 e. The number of nitrogens with zero attached hydrogens (tertiary/aromatic N) is 2. The zero-order chi connectivity index (χ0) is 29.5. The van der Waals surface area contributed by atoms with Crippen LogP contribution in [0.15, 0.2) is 36.4 Å². The first-order chi connectivity index (χ1) is 18.9. The molecule has 3 rings (SSSR count).